The SMILES string of the molecule is CC(C)(C)c1ccc(C2C(=C(O)c3ccc(F)cc3)C(=O)C(=O)N2Cc2ccco2)cc1. The highest BCUT2D eigenvalue weighted by Crippen LogP contribution is 2.40. The number of likely N-dealkylation sites (tertiary alicyclic amines) is 1. The van der Waals surface area contributed by atoms with Gasteiger partial charge < -0.3 is 14.4 Å². The zero-order chi connectivity index (χ0) is 23.0. The molecule has 5 nitrogen and oxygen atoms in total. The second-order valence-electron chi connectivity index (χ2n) is 8.89. The molecular formula is C26H24FNO4. The molecule has 1 aliphatic heterocycles. The van der Waals surface area contributed by atoms with Crippen LogP contribution in [0.1, 0.15) is 49.3 Å². The van der Waals surface area contributed by atoms with E-state index in [1.165, 1.54) is 35.4 Å². The molecule has 1 N–H and O–H groups in total. The molecule has 1 atom stereocenters. The van der Waals surface area contributed by atoms with E-state index in [1.807, 2.05) is 24.3 Å². The van der Waals surface area contributed by atoms with E-state index in [-0.39, 0.29) is 28.9 Å². The van der Waals surface area contributed by atoms with E-state index >= 15 is 0 Å². The highest BCUT2D eigenvalue weighted by Gasteiger charge is 2.46. The molecule has 0 saturated carbocycles. The number of Topliss-reactive ketones (excluding diaryl/α,β-unsaturated/α-hetero) is 1. The van der Waals surface area contributed by atoms with E-state index in [9.17, 15) is 19.1 Å². The summed E-state index contributed by atoms with van der Waals surface area (Å²) in [7, 11) is 0. The molecule has 1 amide bonds. The van der Waals surface area contributed by atoms with Crippen LogP contribution in [-0.2, 0) is 21.5 Å². The largest absolute Gasteiger partial charge is 0.507 e. The highest BCUT2D eigenvalue weighted by atomic mass is 19.1. The molecule has 1 aliphatic rings. The van der Waals surface area contributed by atoms with Gasteiger partial charge in [-0.2, -0.15) is 0 Å². The Morgan fingerprint density at radius 1 is 1.03 bits per heavy atom. The molecule has 32 heavy (non-hydrogen) atoms. The number of carbonyl (C=O) groups excluding carboxylic acids is 2. The molecule has 3 aromatic rings. The third-order valence-electron chi connectivity index (χ3n) is 5.66. The third-order valence-corrected chi connectivity index (χ3v) is 5.66. The van der Waals surface area contributed by atoms with Crippen LogP contribution in [0.2, 0.25) is 0 Å². The summed E-state index contributed by atoms with van der Waals surface area (Å²) in [5.41, 5.74) is 1.95. The van der Waals surface area contributed by atoms with Gasteiger partial charge in [0.2, 0.25) is 0 Å². The van der Waals surface area contributed by atoms with Crippen molar-refractivity contribution >= 4 is 17.4 Å². The van der Waals surface area contributed by atoms with Crippen molar-refractivity contribution in [3.05, 3.63) is 101 Å². The Hall–Kier alpha value is -3.67. The number of aliphatic hydroxyl groups is 1. The molecule has 1 aromatic heterocycles. The monoisotopic (exact) mass is 433 g/mol. The van der Waals surface area contributed by atoms with Gasteiger partial charge in [-0.3, -0.25) is 9.59 Å². The van der Waals surface area contributed by atoms with Crippen LogP contribution in [0.4, 0.5) is 4.39 Å². The number of benzene rings is 2. The van der Waals surface area contributed by atoms with Crippen molar-refractivity contribution in [2.45, 2.75) is 38.8 Å². The molecule has 1 fully saturated rings. The number of halogens is 1. The van der Waals surface area contributed by atoms with Crippen LogP contribution in [0.25, 0.3) is 5.76 Å². The average molecular weight is 433 g/mol. The van der Waals surface area contributed by atoms with Gasteiger partial charge in [-0.15, -0.1) is 0 Å². The summed E-state index contributed by atoms with van der Waals surface area (Å²) in [6, 6.07) is 15.4. The normalized spacial score (nSPS) is 18.4. The number of nitrogens with zero attached hydrogens (tertiary/aromatic N) is 1. The van der Waals surface area contributed by atoms with Gasteiger partial charge in [-0.1, -0.05) is 45.0 Å². The topological polar surface area (TPSA) is 70.8 Å². The first-order valence-electron chi connectivity index (χ1n) is 10.3. The van der Waals surface area contributed by atoms with E-state index in [4.69, 9.17) is 4.42 Å². The van der Waals surface area contributed by atoms with Crippen molar-refractivity contribution in [1.29, 1.82) is 0 Å². The zero-order valence-electron chi connectivity index (χ0n) is 18.1. The molecule has 1 unspecified atom stereocenters. The summed E-state index contributed by atoms with van der Waals surface area (Å²) >= 11 is 0. The number of aliphatic hydroxyl groups excluding tert-OH is 1. The minimum Gasteiger partial charge on any atom is -0.507 e. The second-order valence-corrected chi connectivity index (χ2v) is 8.89. The molecule has 0 aliphatic carbocycles. The zero-order valence-corrected chi connectivity index (χ0v) is 18.1. The predicted octanol–water partition coefficient (Wildman–Crippen LogP) is 5.34. The van der Waals surface area contributed by atoms with Crippen molar-refractivity contribution in [2.75, 3.05) is 0 Å². The van der Waals surface area contributed by atoms with E-state index in [2.05, 4.69) is 20.8 Å². The summed E-state index contributed by atoms with van der Waals surface area (Å²) in [4.78, 5) is 27.4. The smallest absolute Gasteiger partial charge is 0.296 e. The first kappa shape index (κ1) is 21.6. The van der Waals surface area contributed by atoms with Crippen molar-refractivity contribution in [3.63, 3.8) is 0 Å². The number of hydrogen-bond acceptors (Lipinski definition) is 4. The fraction of sp³-hybridized carbons (Fsp3) is 0.231. The van der Waals surface area contributed by atoms with Crippen molar-refractivity contribution < 1.29 is 23.5 Å². The average Bonchev–Trinajstić information content (AvgIpc) is 3.36. The summed E-state index contributed by atoms with van der Waals surface area (Å²) < 4.78 is 18.8. The van der Waals surface area contributed by atoms with Gasteiger partial charge in [0.1, 0.15) is 17.3 Å². The van der Waals surface area contributed by atoms with Gasteiger partial charge in [0.15, 0.2) is 0 Å². The molecular weight excluding hydrogens is 409 g/mol. The van der Waals surface area contributed by atoms with Gasteiger partial charge in [-0.05, 0) is 52.9 Å². The Morgan fingerprint density at radius 2 is 1.69 bits per heavy atom. The molecule has 164 valence electrons. The maximum atomic E-state index is 13.4. The van der Waals surface area contributed by atoms with Crippen LogP contribution < -0.4 is 0 Å². The number of furan rings is 1. The van der Waals surface area contributed by atoms with Gasteiger partial charge >= 0.3 is 0 Å². The van der Waals surface area contributed by atoms with Crippen molar-refractivity contribution in [2.24, 2.45) is 0 Å². The highest BCUT2D eigenvalue weighted by molar-refractivity contribution is 6.46. The number of hydrogen-bond donors (Lipinski definition) is 1. The summed E-state index contributed by atoms with van der Waals surface area (Å²) in [6.07, 6.45) is 1.50. The number of carbonyl (C=O) groups is 2. The molecule has 2 heterocycles. The van der Waals surface area contributed by atoms with Crippen LogP contribution in [0.3, 0.4) is 0 Å². The minimum absolute atomic E-state index is 0.0309. The lowest BCUT2D eigenvalue weighted by molar-refractivity contribution is -0.140. The molecule has 0 bridgehead atoms. The molecule has 0 radical (unpaired) electrons. The maximum absolute atomic E-state index is 13.4. The lowest BCUT2D eigenvalue weighted by Crippen LogP contribution is -2.29. The van der Waals surface area contributed by atoms with E-state index in [0.717, 1.165) is 5.56 Å². The number of amides is 1. The first-order valence-corrected chi connectivity index (χ1v) is 10.3. The van der Waals surface area contributed by atoms with Crippen LogP contribution in [-0.4, -0.2) is 21.7 Å². The predicted molar refractivity (Wildman–Crippen MR) is 118 cm³/mol. The van der Waals surface area contributed by atoms with Gasteiger partial charge in [-0.25, -0.2) is 4.39 Å². The Labute approximate surface area is 185 Å². The lowest BCUT2D eigenvalue weighted by Gasteiger charge is -2.26. The lowest BCUT2D eigenvalue weighted by atomic mass is 9.85. The number of rotatable bonds is 4. The molecule has 2 aromatic carbocycles. The summed E-state index contributed by atoms with van der Waals surface area (Å²) in [5, 5.41) is 11.0. The Kier molecular flexibility index (Phi) is 5.46. The fourth-order valence-electron chi connectivity index (χ4n) is 3.89. The van der Waals surface area contributed by atoms with Gasteiger partial charge in [0.25, 0.3) is 11.7 Å². The number of ketones is 1. The Morgan fingerprint density at radius 3 is 2.25 bits per heavy atom. The molecule has 0 spiro atoms. The van der Waals surface area contributed by atoms with E-state index in [0.29, 0.717) is 11.3 Å². The van der Waals surface area contributed by atoms with Crippen molar-refractivity contribution in [1.82, 2.24) is 4.90 Å². The maximum Gasteiger partial charge on any atom is 0.296 e. The van der Waals surface area contributed by atoms with Gasteiger partial charge in [0, 0.05) is 5.56 Å². The van der Waals surface area contributed by atoms with E-state index < -0.39 is 23.5 Å². The Bertz CT molecular complexity index is 1170. The van der Waals surface area contributed by atoms with Crippen LogP contribution in [0, 0.1) is 5.82 Å². The van der Waals surface area contributed by atoms with Crippen LogP contribution in [0.5, 0.6) is 0 Å². The van der Waals surface area contributed by atoms with Crippen molar-refractivity contribution in [3.8, 4) is 0 Å². The van der Waals surface area contributed by atoms with Gasteiger partial charge in [0.05, 0.1) is 24.4 Å². The standard InChI is InChI=1S/C26H24FNO4/c1-26(2,3)18-10-6-16(7-11-18)22-21(23(29)17-8-12-19(27)13-9-17)24(30)25(31)28(22)15-20-5-4-14-32-20/h4-14,22,29H,15H2,1-3H3. The molecule has 4 rings (SSSR count). The summed E-state index contributed by atoms with van der Waals surface area (Å²) in [5.74, 6) is -1.80. The molecule has 1 saturated heterocycles. The first-order chi connectivity index (χ1) is 15.2. The third kappa shape index (κ3) is 3.96. The fourth-order valence-corrected chi connectivity index (χ4v) is 3.89. The second kappa shape index (κ2) is 8.11. The summed E-state index contributed by atoms with van der Waals surface area (Å²) in [6.45, 7) is 6.36. The van der Waals surface area contributed by atoms with Crippen LogP contribution >= 0.6 is 0 Å². The van der Waals surface area contributed by atoms with Crippen LogP contribution in [0.15, 0.2) is 76.9 Å². The van der Waals surface area contributed by atoms with E-state index in [1.54, 1.807) is 12.1 Å². The Balaban J connectivity index is 1.85. The minimum atomic E-state index is -0.806. The quantitative estimate of drug-likeness (QED) is 0.343. The molecule has 6 heteroatoms.